The van der Waals surface area contributed by atoms with Gasteiger partial charge >= 0.3 is 0 Å². The van der Waals surface area contributed by atoms with Crippen LogP contribution in [0.1, 0.15) is 30.6 Å². The van der Waals surface area contributed by atoms with E-state index in [4.69, 9.17) is 26.4 Å². The standard InChI is InChI=1S/C22H28N2O4S/c1-16(2)11-12-27-18-8-6-7-17(15-18)23-22(29)24-21(25)19-9-4-5-10-20(19)28-14-13-26-3/h4-10,15-16H,11-14H2,1-3H3,(H2,23,24,25,29). The van der Waals surface area contributed by atoms with Crippen LogP contribution in [0.25, 0.3) is 0 Å². The molecule has 0 aliphatic heterocycles. The maximum absolute atomic E-state index is 12.6. The zero-order valence-electron chi connectivity index (χ0n) is 17.1. The molecule has 0 atom stereocenters. The van der Waals surface area contributed by atoms with Gasteiger partial charge in [0.2, 0.25) is 0 Å². The van der Waals surface area contributed by atoms with Crippen molar-refractivity contribution in [1.29, 1.82) is 0 Å². The van der Waals surface area contributed by atoms with Gasteiger partial charge in [-0.25, -0.2) is 0 Å². The summed E-state index contributed by atoms with van der Waals surface area (Å²) in [5.74, 6) is 1.47. The van der Waals surface area contributed by atoms with E-state index < -0.39 is 0 Å². The van der Waals surface area contributed by atoms with E-state index in [0.717, 1.165) is 17.9 Å². The fourth-order valence-corrected chi connectivity index (χ4v) is 2.63. The van der Waals surface area contributed by atoms with Crippen molar-refractivity contribution >= 4 is 28.9 Å². The molecule has 0 bridgehead atoms. The molecule has 2 aromatic carbocycles. The average molecular weight is 417 g/mol. The molecule has 0 saturated carbocycles. The maximum atomic E-state index is 12.6. The van der Waals surface area contributed by atoms with Crippen LogP contribution < -0.4 is 20.1 Å². The van der Waals surface area contributed by atoms with Gasteiger partial charge in [0.1, 0.15) is 18.1 Å². The minimum Gasteiger partial charge on any atom is -0.494 e. The van der Waals surface area contributed by atoms with Gasteiger partial charge in [-0.15, -0.1) is 0 Å². The number of carbonyl (C=O) groups excluding carboxylic acids is 1. The first-order valence-electron chi connectivity index (χ1n) is 9.55. The number of hydrogen-bond donors (Lipinski definition) is 2. The van der Waals surface area contributed by atoms with Crippen molar-refractivity contribution in [3.05, 3.63) is 54.1 Å². The van der Waals surface area contributed by atoms with Crippen LogP contribution in [0.5, 0.6) is 11.5 Å². The lowest BCUT2D eigenvalue weighted by atomic mass is 10.1. The first kappa shape index (κ1) is 22.6. The summed E-state index contributed by atoms with van der Waals surface area (Å²) in [5, 5.41) is 5.89. The first-order valence-corrected chi connectivity index (χ1v) is 9.96. The van der Waals surface area contributed by atoms with E-state index in [9.17, 15) is 4.79 Å². The number of anilines is 1. The summed E-state index contributed by atoms with van der Waals surface area (Å²) >= 11 is 5.28. The zero-order valence-corrected chi connectivity index (χ0v) is 17.9. The second-order valence-corrected chi connectivity index (χ2v) is 7.21. The van der Waals surface area contributed by atoms with Crippen LogP contribution in [-0.2, 0) is 4.74 Å². The van der Waals surface area contributed by atoms with Gasteiger partial charge in [-0.05, 0) is 48.8 Å². The number of carbonyl (C=O) groups is 1. The molecule has 0 aromatic heterocycles. The van der Waals surface area contributed by atoms with Crippen molar-refractivity contribution in [2.24, 2.45) is 5.92 Å². The summed E-state index contributed by atoms with van der Waals surface area (Å²) < 4.78 is 16.3. The third-order valence-electron chi connectivity index (χ3n) is 3.96. The van der Waals surface area contributed by atoms with Crippen molar-refractivity contribution in [2.75, 3.05) is 32.2 Å². The highest BCUT2D eigenvalue weighted by Crippen LogP contribution is 2.19. The number of hydrogen-bond acceptors (Lipinski definition) is 5. The van der Waals surface area contributed by atoms with Crippen molar-refractivity contribution < 1.29 is 19.0 Å². The average Bonchev–Trinajstić information content (AvgIpc) is 2.68. The minimum absolute atomic E-state index is 0.195. The quantitative estimate of drug-likeness (QED) is 0.445. The highest BCUT2D eigenvalue weighted by molar-refractivity contribution is 7.80. The second kappa shape index (κ2) is 12.0. The summed E-state index contributed by atoms with van der Waals surface area (Å²) in [6.45, 7) is 5.76. The Kier molecular flexibility index (Phi) is 9.40. The van der Waals surface area contributed by atoms with Crippen molar-refractivity contribution in [3.63, 3.8) is 0 Å². The zero-order chi connectivity index (χ0) is 21.1. The lowest BCUT2D eigenvalue weighted by Gasteiger charge is -2.14. The van der Waals surface area contributed by atoms with Crippen LogP contribution in [0.2, 0.25) is 0 Å². The molecule has 0 unspecified atom stereocenters. The molecule has 6 nitrogen and oxygen atoms in total. The Balaban J connectivity index is 1.93. The Hall–Kier alpha value is -2.64. The predicted octanol–water partition coefficient (Wildman–Crippen LogP) is 4.26. The highest BCUT2D eigenvalue weighted by atomic mass is 32.1. The molecule has 0 fully saturated rings. The number of methoxy groups -OCH3 is 1. The monoisotopic (exact) mass is 416 g/mol. The fourth-order valence-electron chi connectivity index (χ4n) is 2.42. The van der Waals surface area contributed by atoms with E-state index in [-0.39, 0.29) is 11.0 Å². The molecule has 156 valence electrons. The topological polar surface area (TPSA) is 68.8 Å². The summed E-state index contributed by atoms with van der Waals surface area (Å²) in [5.41, 5.74) is 1.14. The van der Waals surface area contributed by atoms with Crippen LogP contribution in [-0.4, -0.2) is 38.0 Å². The minimum atomic E-state index is -0.347. The first-order chi connectivity index (χ1) is 14.0. The van der Waals surface area contributed by atoms with Gasteiger partial charge in [-0.1, -0.05) is 32.0 Å². The van der Waals surface area contributed by atoms with E-state index in [1.54, 1.807) is 31.4 Å². The predicted molar refractivity (Wildman–Crippen MR) is 119 cm³/mol. The Morgan fingerprint density at radius 3 is 2.59 bits per heavy atom. The van der Waals surface area contributed by atoms with Gasteiger partial charge in [0, 0.05) is 18.9 Å². The molecular formula is C22H28N2O4S. The summed E-state index contributed by atoms with van der Waals surface area (Å²) in [4.78, 5) is 12.6. The summed E-state index contributed by atoms with van der Waals surface area (Å²) in [7, 11) is 1.59. The van der Waals surface area contributed by atoms with Crippen molar-refractivity contribution in [1.82, 2.24) is 5.32 Å². The van der Waals surface area contributed by atoms with E-state index >= 15 is 0 Å². The molecule has 0 radical (unpaired) electrons. The smallest absolute Gasteiger partial charge is 0.261 e. The second-order valence-electron chi connectivity index (χ2n) is 6.80. The van der Waals surface area contributed by atoms with Crippen molar-refractivity contribution in [3.8, 4) is 11.5 Å². The molecule has 0 aliphatic rings. The lowest BCUT2D eigenvalue weighted by molar-refractivity contribution is 0.0970. The molecule has 2 aromatic rings. The number of nitrogens with one attached hydrogen (secondary N) is 2. The van der Waals surface area contributed by atoms with Crippen LogP contribution in [0.4, 0.5) is 5.69 Å². The van der Waals surface area contributed by atoms with Gasteiger partial charge in [-0.3, -0.25) is 10.1 Å². The van der Waals surface area contributed by atoms with Crippen LogP contribution in [0, 0.1) is 5.92 Å². The lowest BCUT2D eigenvalue weighted by Crippen LogP contribution is -2.34. The number of benzene rings is 2. The Labute approximate surface area is 177 Å². The largest absolute Gasteiger partial charge is 0.494 e. The molecule has 29 heavy (non-hydrogen) atoms. The van der Waals surface area contributed by atoms with Crippen molar-refractivity contribution in [2.45, 2.75) is 20.3 Å². The SMILES string of the molecule is COCCOc1ccccc1C(=O)NC(=S)Nc1cccc(OCCC(C)C)c1. The number of amides is 1. The fraction of sp³-hybridized carbons (Fsp3) is 0.364. The molecule has 0 heterocycles. The molecule has 0 aliphatic carbocycles. The van der Waals surface area contributed by atoms with Crippen LogP contribution >= 0.6 is 12.2 Å². The van der Waals surface area contributed by atoms with Crippen LogP contribution in [0.15, 0.2) is 48.5 Å². The van der Waals surface area contributed by atoms with E-state index in [2.05, 4.69) is 24.5 Å². The molecule has 0 spiro atoms. The molecule has 2 rings (SSSR count). The summed E-state index contributed by atoms with van der Waals surface area (Å²) in [6.07, 6.45) is 0.984. The normalized spacial score (nSPS) is 10.5. The molecule has 1 amide bonds. The number of rotatable bonds is 10. The van der Waals surface area contributed by atoms with Gasteiger partial charge in [0.05, 0.1) is 18.8 Å². The van der Waals surface area contributed by atoms with Gasteiger partial charge in [0.25, 0.3) is 5.91 Å². The molecule has 2 N–H and O–H groups in total. The molecule has 0 saturated heterocycles. The summed E-state index contributed by atoms with van der Waals surface area (Å²) in [6, 6.07) is 14.5. The highest BCUT2D eigenvalue weighted by Gasteiger charge is 2.13. The third kappa shape index (κ3) is 8.09. The van der Waals surface area contributed by atoms with E-state index in [0.29, 0.717) is 37.1 Å². The Morgan fingerprint density at radius 1 is 1.03 bits per heavy atom. The van der Waals surface area contributed by atoms with E-state index in [1.165, 1.54) is 0 Å². The Morgan fingerprint density at radius 2 is 1.83 bits per heavy atom. The number of para-hydroxylation sites is 1. The molecule has 7 heteroatoms. The number of ether oxygens (including phenoxy) is 3. The number of thiocarbonyl (C=S) groups is 1. The van der Waals surface area contributed by atoms with Crippen LogP contribution in [0.3, 0.4) is 0 Å². The molecular weight excluding hydrogens is 388 g/mol. The van der Waals surface area contributed by atoms with E-state index in [1.807, 2.05) is 24.3 Å². The third-order valence-corrected chi connectivity index (χ3v) is 4.16. The van der Waals surface area contributed by atoms with Gasteiger partial charge in [-0.2, -0.15) is 0 Å². The Bertz CT molecular complexity index is 811. The maximum Gasteiger partial charge on any atom is 0.261 e. The van der Waals surface area contributed by atoms with Gasteiger partial charge in [0.15, 0.2) is 5.11 Å². The van der Waals surface area contributed by atoms with Gasteiger partial charge < -0.3 is 19.5 Å².